The predicted octanol–water partition coefficient (Wildman–Crippen LogP) is 3.32. The lowest BCUT2D eigenvalue weighted by Crippen LogP contribution is -2.12. The third-order valence-electron chi connectivity index (χ3n) is 3.16. The molecule has 0 aliphatic carbocycles. The van der Waals surface area contributed by atoms with Gasteiger partial charge >= 0.3 is 0 Å². The molecule has 4 N–H and O–H groups in total. The van der Waals surface area contributed by atoms with E-state index in [-0.39, 0.29) is 24.8 Å². The number of nitrogens with one attached hydrogen (secondary N) is 3. The van der Waals surface area contributed by atoms with Gasteiger partial charge in [-0.15, -0.1) is 12.4 Å². The molecule has 0 atom stereocenters. The molecule has 1 aromatic heterocycles. The van der Waals surface area contributed by atoms with Gasteiger partial charge in [-0.1, -0.05) is 18.2 Å². The van der Waals surface area contributed by atoms with Crippen LogP contribution in [0.2, 0.25) is 0 Å². The highest BCUT2D eigenvalue weighted by Crippen LogP contribution is 2.18. The van der Waals surface area contributed by atoms with Crippen LogP contribution in [0.25, 0.3) is 0 Å². The van der Waals surface area contributed by atoms with Crippen molar-refractivity contribution in [3.8, 4) is 0 Å². The van der Waals surface area contributed by atoms with Gasteiger partial charge in [-0.2, -0.15) is 15.0 Å². The van der Waals surface area contributed by atoms with Gasteiger partial charge in [0.15, 0.2) is 0 Å². The third-order valence-corrected chi connectivity index (χ3v) is 3.16. The number of para-hydroxylation sites is 1. The lowest BCUT2D eigenvalue weighted by atomic mass is 10.3. The summed E-state index contributed by atoms with van der Waals surface area (Å²) in [6.45, 7) is 0.263. The molecule has 2 aromatic carbocycles. The van der Waals surface area contributed by atoms with E-state index < -0.39 is 0 Å². The summed E-state index contributed by atoms with van der Waals surface area (Å²) >= 11 is 0. The number of halogens is 2. The minimum atomic E-state index is -0.321. The molecule has 26 heavy (non-hydrogen) atoms. The fourth-order valence-corrected chi connectivity index (χ4v) is 2.05. The Morgan fingerprint density at radius 2 is 1.31 bits per heavy atom. The largest absolute Gasteiger partial charge is 0.395 e. The van der Waals surface area contributed by atoms with Gasteiger partial charge in [0.1, 0.15) is 5.82 Å². The molecule has 0 saturated carbocycles. The van der Waals surface area contributed by atoms with E-state index in [2.05, 4.69) is 30.9 Å². The summed E-state index contributed by atoms with van der Waals surface area (Å²) in [5, 5.41) is 18.0. The molecular formula is C17H18ClFN6O. The topological polar surface area (TPSA) is 95.0 Å². The van der Waals surface area contributed by atoms with Crippen LogP contribution in [-0.2, 0) is 0 Å². The van der Waals surface area contributed by atoms with Gasteiger partial charge in [0.2, 0.25) is 17.8 Å². The number of anilines is 5. The molecule has 1 heterocycles. The number of hydrogen-bond donors (Lipinski definition) is 4. The Kier molecular flexibility index (Phi) is 7.07. The van der Waals surface area contributed by atoms with E-state index in [9.17, 15) is 4.39 Å². The number of aliphatic hydroxyl groups is 1. The third kappa shape index (κ3) is 5.54. The number of benzene rings is 2. The summed E-state index contributed by atoms with van der Waals surface area (Å²) in [7, 11) is 0. The summed E-state index contributed by atoms with van der Waals surface area (Å²) in [6, 6.07) is 15.3. The molecule has 0 fully saturated rings. The molecule has 0 radical (unpaired) electrons. The van der Waals surface area contributed by atoms with Crippen molar-refractivity contribution < 1.29 is 9.50 Å². The second-order valence-electron chi connectivity index (χ2n) is 5.08. The highest BCUT2D eigenvalue weighted by atomic mass is 35.5. The fraction of sp³-hybridized carbons (Fsp3) is 0.118. The Balaban J connectivity index is 0.00000243. The first kappa shape index (κ1) is 19.4. The van der Waals surface area contributed by atoms with Crippen LogP contribution in [0, 0.1) is 5.82 Å². The molecule has 0 amide bonds. The Labute approximate surface area is 156 Å². The van der Waals surface area contributed by atoms with E-state index in [4.69, 9.17) is 5.11 Å². The van der Waals surface area contributed by atoms with Gasteiger partial charge in [0.05, 0.1) is 6.61 Å². The maximum Gasteiger partial charge on any atom is 0.233 e. The first-order valence-corrected chi connectivity index (χ1v) is 7.68. The standard InChI is InChI=1S/C17H17FN6O.ClH/c18-12-6-8-14(9-7-12)21-17-23-15(19-10-11-25)22-16(24-17)20-13-4-2-1-3-5-13;/h1-9,25H,10-11H2,(H3,19,20,21,22,23,24);1H. The lowest BCUT2D eigenvalue weighted by Gasteiger charge is -2.11. The first-order chi connectivity index (χ1) is 12.2. The van der Waals surface area contributed by atoms with Crippen LogP contribution >= 0.6 is 12.4 Å². The van der Waals surface area contributed by atoms with E-state index in [1.54, 1.807) is 12.1 Å². The van der Waals surface area contributed by atoms with Gasteiger partial charge < -0.3 is 21.1 Å². The molecule has 3 aromatic rings. The minimum absolute atomic E-state index is 0. The highest BCUT2D eigenvalue weighted by molar-refractivity contribution is 5.85. The maximum atomic E-state index is 13.0. The SMILES string of the molecule is Cl.OCCNc1nc(Nc2ccccc2)nc(Nc2ccc(F)cc2)n1. The van der Waals surface area contributed by atoms with E-state index in [0.29, 0.717) is 30.1 Å². The molecular weight excluding hydrogens is 359 g/mol. The van der Waals surface area contributed by atoms with Crippen molar-refractivity contribution in [2.75, 3.05) is 29.1 Å². The van der Waals surface area contributed by atoms with Crippen molar-refractivity contribution >= 4 is 41.6 Å². The van der Waals surface area contributed by atoms with Crippen LogP contribution in [-0.4, -0.2) is 33.2 Å². The number of aromatic nitrogens is 3. The average molecular weight is 377 g/mol. The van der Waals surface area contributed by atoms with Crippen LogP contribution in [0.3, 0.4) is 0 Å². The Morgan fingerprint density at radius 1 is 0.769 bits per heavy atom. The van der Waals surface area contributed by atoms with E-state index in [0.717, 1.165) is 5.69 Å². The van der Waals surface area contributed by atoms with Crippen LogP contribution < -0.4 is 16.0 Å². The second kappa shape index (κ2) is 9.50. The number of nitrogens with zero attached hydrogens (tertiary/aromatic N) is 3. The van der Waals surface area contributed by atoms with Crippen molar-refractivity contribution in [1.82, 2.24) is 15.0 Å². The quantitative estimate of drug-likeness (QED) is 0.502. The summed E-state index contributed by atoms with van der Waals surface area (Å²) < 4.78 is 13.0. The first-order valence-electron chi connectivity index (χ1n) is 7.68. The Morgan fingerprint density at radius 3 is 1.88 bits per heavy atom. The molecule has 3 rings (SSSR count). The van der Waals surface area contributed by atoms with E-state index in [1.165, 1.54) is 12.1 Å². The van der Waals surface area contributed by atoms with Gasteiger partial charge in [-0.05, 0) is 36.4 Å². The summed E-state index contributed by atoms with van der Waals surface area (Å²) in [5.41, 5.74) is 1.47. The monoisotopic (exact) mass is 376 g/mol. The zero-order valence-electron chi connectivity index (χ0n) is 13.7. The van der Waals surface area contributed by atoms with Crippen molar-refractivity contribution in [3.05, 3.63) is 60.4 Å². The van der Waals surface area contributed by atoms with Crippen LogP contribution in [0.5, 0.6) is 0 Å². The lowest BCUT2D eigenvalue weighted by molar-refractivity contribution is 0.311. The van der Waals surface area contributed by atoms with Gasteiger partial charge in [-0.25, -0.2) is 4.39 Å². The molecule has 136 valence electrons. The normalized spacial score (nSPS) is 9.92. The molecule has 7 nitrogen and oxygen atoms in total. The second-order valence-corrected chi connectivity index (χ2v) is 5.08. The van der Waals surface area contributed by atoms with Gasteiger partial charge in [0, 0.05) is 17.9 Å². The summed E-state index contributed by atoms with van der Waals surface area (Å²) in [5.74, 6) is 0.622. The molecule has 0 bridgehead atoms. The maximum absolute atomic E-state index is 13.0. The van der Waals surface area contributed by atoms with E-state index >= 15 is 0 Å². The minimum Gasteiger partial charge on any atom is -0.395 e. The average Bonchev–Trinajstić information content (AvgIpc) is 2.63. The van der Waals surface area contributed by atoms with Crippen molar-refractivity contribution in [1.29, 1.82) is 0 Å². The molecule has 0 spiro atoms. The molecule has 9 heteroatoms. The zero-order valence-corrected chi connectivity index (χ0v) is 14.5. The van der Waals surface area contributed by atoms with E-state index in [1.807, 2.05) is 30.3 Å². The van der Waals surface area contributed by atoms with Crippen LogP contribution in [0.1, 0.15) is 0 Å². The van der Waals surface area contributed by atoms with Crippen LogP contribution in [0.4, 0.5) is 33.6 Å². The Hall–Kier alpha value is -2.97. The fourth-order valence-electron chi connectivity index (χ4n) is 2.05. The van der Waals surface area contributed by atoms with Crippen molar-refractivity contribution in [3.63, 3.8) is 0 Å². The number of hydrogen-bond acceptors (Lipinski definition) is 7. The number of aliphatic hydroxyl groups excluding tert-OH is 1. The highest BCUT2D eigenvalue weighted by Gasteiger charge is 2.07. The molecule has 0 saturated heterocycles. The molecule has 0 aliphatic rings. The molecule has 0 unspecified atom stereocenters. The van der Waals surface area contributed by atoms with Crippen molar-refractivity contribution in [2.45, 2.75) is 0 Å². The molecule has 0 aliphatic heterocycles. The van der Waals surface area contributed by atoms with Gasteiger partial charge in [-0.3, -0.25) is 0 Å². The summed E-state index contributed by atoms with van der Waals surface area (Å²) in [4.78, 5) is 12.8. The smallest absolute Gasteiger partial charge is 0.233 e. The predicted molar refractivity (Wildman–Crippen MR) is 102 cm³/mol. The van der Waals surface area contributed by atoms with Crippen LogP contribution in [0.15, 0.2) is 54.6 Å². The Bertz CT molecular complexity index is 819. The van der Waals surface area contributed by atoms with Crippen molar-refractivity contribution in [2.24, 2.45) is 0 Å². The number of rotatable bonds is 7. The van der Waals surface area contributed by atoms with Gasteiger partial charge in [0.25, 0.3) is 0 Å². The summed E-state index contributed by atoms with van der Waals surface area (Å²) in [6.07, 6.45) is 0. The zero-order chi connectivity index (χ0) is 17.5.